The number of nitrogens with one attached hydrogen (secondary N) is 3. The lowest BCUT2D eigenvalue weighted by Crippen LogP contribution is -2.55. The highest BCUT2D eigenvalue weighted by molar-refractivity contribution is 5.92. The van der Waals surface area contributed by atoms with Crippen molar-refractivity contribution < 1.29 is 24.3 Å². The molecule has 168 valence electrons. The van der Waals surface area contributed by atoms with E-state index in [1.165, 1.54) is 0 Å². The van der Waals surface area contributed by atoms with Gasteiger partial charge in [-0.25, -0.2) is 4.79 Å². The second-order valence-corrected chi connectivity index (χ2v) is 7.93. The quantitative estimate of drug-likeness (QED) is 0.203. The minimum absolute atomic E-state index is 0.241. The normalized spacial score (nSPS) is 14.2. The molecule has 0 bridgehead atoms. The van der Waals surface area contributed by atoms with Gasteiger partial charge in [-0.1, -0.05) is 27.7 Å². The maximum Gasteiger partial charge on any atom is 0.326 e. The van der Waals surface area contributed by atoms with Crippen LogP contribution in [-0.4, -0.2) is 60.0 Å². The van der Waals surface area contributed by atoms with E-state index in [0.29, 0.717) is 25.8 Å². The fourth-order valence-corrected chi connectivity index (χ4v) is 2.68. The van der Waals surface area contributed by atoms with Crippen molar-refractivity contribution in [1.29, 1.82) is 0 Å². The Labute approximate surface area is 172 Å². The number of carbonyl (C=O) groups is 4. The predicted molar refractivity (Wildman–Crippen MR) is 110 cm³/mol. The maximum absolute atomic E-state index is 12.5. The molecule has 3 unspecified atom stereocenters. The number of aliphatic carboxylic acids is 1. The van der Waals surface area contributed by atoms with Crippen LogP contribution in [0.5, 0.6) is 0 Å². The van der Waals surface area contributed by atoms with Crippen molar-refractivity contribution in [2.24, 2.45) is 23.3 Å². The molecule has 8 N–H and O–H groups in total. The van der Waals surface area contributed by atoms with E-state index >= 15 is 0 Å². The minimum Gasteiger partial charge on any atom is -0.480 e. The summed E-state index contributed by atoms with van der Waals surface area (Å²) >= 11 is 0. The molecule has 0 radical (unpaired) electrons. The maximum atomic E-state index is 12.5. The molecular weight excluding hydrogens is 378 g/mol. The number of hydrogen-bond acceptors (Lipinski definition) is 6. The third-order valence-electron chi connectivity index (χ3n) is 4.31. The SMILES string of the molecule is CC(C)CC(N)C(=O)NCC(=O)NC(C(=O)NC(CCCCN)C(=O)O)C(C)C. The summed E-state index contributed by atoms with van der Waals surface area (Å²) in [5.41, 5.74) is 11.2. The summed E-state index contributed by atoms with van der Waals surface area (Å²) in [6, 6.07) is -2.70. The van der Waals surface area contributed by atoms with Crippen molar-refractivity contribution in [2.75, 3.05) is 13.1 Å². The fraction of sp³-hybridized carbons (Fsp3) is 0.789. The van der Waals surface area contributed by atoms with Gasteiger partial charge in [-0.05, 0) is 44.1 Å². The molecule has 3 amide bonds. The van der Waals surface area contributed by atoms with Gasteiger partial charge in [0.1, 0.15) is 12.1 Å². The standard InChI is InChI=1S/C19H37N5O5/c1-11(2)9-13(21)17(26)22-10-15(25)24-16(12(3)4)18(27)23-14(19(28)29)7-5-6-8-20/h11-14,16H,5-10,20-21H2,1-4H3,(H,22,26)(H,23,27)(H,24,25)(H,28,29). The van der Waals surface area contributed by atoms with E-state index in [4.69, 9.17) is 11.5 Å². The first kappa shape index (κ1) is 26.8. The Hall–Kier alpha value is -2.20. The average molecular weight is 416 g/mol. The Morgan fingerprint density at radius 1 is 0.966 bits per heavy atom. The van der Waals surface area contributed by atoms with Crippen molar-refractivity contribution in [3.05, 3.63) is 0 Å². The van der Waals surface area contributed by atoms with Crippen LogP contribution in [0, 0.1) is 11.8 Å². The highest BCUT2D eigenvalue weighted by Gasteiger charge is 2.28. The molecule has 10 heteroatoms. The van der Waals surface area contributed by atoms with E-state index in [9.17, 15) is 24.3 Å². The first-order valence-electron chi connectivity index (χ1n) is 10.0. The van der Waals surface area contributed by atoms with Crippen LogP contribution in [0.4, 0.5) is 0 Å². The Morgan fingerprint density at radius 3 is 2.07 bits per heavy atom. The van der Waals surface area contributed by atoms with Crippen LogP contribution in [0.25, 0.3) is 0 Å². The van der Waals surface area contributed by atoms with Gasteiger partial charge in [0.05, 0.1) is 12.6 Å². The predicted octanol–water partition coefficient (Wildman–Crippen LogP) is -0.685. The Kier molecular flexibility index (Phi) is 12.8. The van der Waals surface area contributed by atoms with Crippen molar-refractivity contribution >= 4 is 23.7 Å². The Bertz CT molecular complexity index is 553. The van der Waals surface area contributed by atoms with E-state index in [0.717, 1.165) is 0 Å². The van der Waals surface area contributed by atoms with Gasteiger partial charge < -0.3 is 32.5 Å². The number of rotatable bonds is 14. The van der Waals surface area contributed by atoms with Crippen LogP contribution in [0.15, 0.2) is 0 Å². The zero-order valence-electron chi connectivity index (χ0n) is 17.9. The summed E-state index contributed by atoms with van der Waals surface area (Å²) in [4.78, 5) is 48.0. The van der Waals surface area contributed by atoms with Crippen LogP contribution < -0.4 is 27.4 Å². The van der Waals surface area contributed by atoms with Gasteiger partial charge in [-0.15, -0.1) is 0 Å². The van der Waals surface area contributed by atoms with E-state index in [-0.39, 0.29) is 24.8 Å². The molecule has 0 aliphatic carbocycles. The number of hydrogen-bond donors (Lipinski definition) is 6. The molecule has 0 aromatic rings. The highest BCUT2D eigenvalue weighted by atomic mass is 16.4. The second kappa shape index (κ2) is 13.9. The molecule has 0 rings (SSSR count). The fourth-order valence-electron chi connectivity index (χ4n) is 2.68. The van der Waals surface area contributed by atoms with Crippen LogP contribution in [0.3, 0.4) is 0 Å². The first-order valence-corrected chi connectivity index (χ1v) is 10.0. The number of carboxylic acids is 1. The molecule has 0 heterocycles. The summed E-state index contributed by atoms with van der Waals surface area (Å²) in [7, 11) is 0. The molecule has 10 nitrogen and oxygen atoms in total. The number of nitrogens with two attached hydrogens (primary N) is 2. The smallest absolute Gasteiger partial charge is 0.326 e. The molecule has 0 fully saturated rings. The number of amides is 3. The number of unbranched alkanes of at least 4 members (excludes halogenated alkanes) is 1. The third kappa shape index (κ3) is 11.4. The summed E-state index contributed by atoms with van der Waals surface area (Å²) in [5, 5.41) is 16.8. The molecule has 0 saturated heterocycles. The lowest BCUT2D eigenvalue weighted by atomic mass is 10.0. The van der Waals surface area contributed by atoms with Gasteiger partial charge in [0.2, 0.25) is 17.7 Å². The van der Waals surface area contributed by atoms with Gasteiger partial charge in [0, 0.05) is 0 Å². The lowest BCUT2D eigenvalue weighted by Gasteiger charge is -2.24. The molecule has 3 atom stereocenters. The van der Waals surface area contributed by atoms with E-state index in [2.05, 4.69) is 16.0 Å². The van der Waals surface area contributed by atoms with E-state index < -0.39 is 41.8 Å². The van der Waals surface area contributed by atoms with Crippen LogP contribution in [0.1, 0.15) is 53.4 Å². The molecule has 0 aliphatic rings. The largest absolute Gasteiger partial charge is 0.480 e. The average Bonchev–Trinajstić information content (AvgIpc) is 2.62. The van der Waals surface area contributed by atoms with Crippen molar-refractivity contribution in [3.8, 4) is 0 Å². The zero-order chi connectivity index (χ0) is 22.6. The molecular formula is C19H37N5O5. The first-order chi connectivity index (χ1) is 13.5. The second-order valence-electron chi connectivity index (χ2n) is 7.93. The third-order valence-corrected chi connectivity index (χ3v) is 4.31. The Morgan fingerprint density at radius 2 is 1.59 bits per heavy atom. The molecule has 0 spiro atoms. The van der Waals surface area contributed by atoms with Gasteiger partial charge in [-0.3, -0.25) is 14.4 Å². The van der Waals surface area contributed by atoms with Gasteiger partial charge in [0.15, 0.2) is 0 Å². The summed E-state index contributed by atoms with van der Waals surface area (Å²) < 4.78 is 0. The van der Waals surface area contributed by atoms with Gasteiger partial charge in [0.25, 0.3) is 0 Å². The number of carbonyl (C=O) groups excluding carboxylic acids is 3. The van der Waals surface area contributed by atoms with Crippen LogP contribution in [-0.2, 0) is 19.2 Å². The summed E-state index contributed by atoms with van der Waals surface area (Å²) in [6.07, 6.45) is 1.96. The summed E-state index contributed by atoms with van der Waals surface area (Å²) in [5.74, 6) is -2.77. The Balaban J connectivity index is 4.75. The van der Waals surface area contributed by atoms with Crippen LogP contribution >= 0.6 is 0 Å². The monoisotopic (exact) mass is 415 g/mol. The summed E-state index contributed by atoms with van der Waals surface area (Å²) in [6.45, 7) is 7.45. The molecule has 0 aromatic carbocycles. The number of carboxylic acid groups (broad SMARTS) is 1. The van der Waals surface area contributed by atoms with Crippen LogP contribution in [0.2, 0.25) is 0 Å². The van der Waals surface area contributed by atoms with Crippen molar-refractivity contribution in [1.82, 2.24) is 16.0 Å². The molecule has 0 saturated carbocycles. The van der Waals surface area contributed by atoms with E-state index in [1.54, 1.807) is 13.8 Å². The topological polar surface area (TPSA) is 177 Å². The van der Waals surface area contributed by atoms with E-state index in [1.807, 2.05) is 13.8 Å². The zero-order valence-corrected chi connectivity index (χ0v) is 17.9. The molecule has 0 aromatic heterocycles. The lowest BCUT2D eigenvalue weighted by molar-refractivity contribution is -0.142. The molecule has 0 aliphatic heterocycles. The molecule has 29 heavy (non-hydrogen) atoms. The van der Waals surface area contributed by atoms with Crippen molar-refractivity contribution in [2.45, 2.75) is 71.5 Å². The van der Waals surface area contributed by atoms with Gasteiger partial charge in [-0.2, -0.15) is 0 Å². The highest BCUT2D eigenvalue weighted by Crippen LogP contribution is 2.06. The minimum atomic E-state index is -1.14. The van der Waals surface area contributed by atoms with Crippen molar-refractivity contribution in [3.63, 3.8) is 0 Å². The van der Waals surface area contributed by atoms with Gasteiger partial charge >= 0.3 is 5.97 Å².